The smallest absolute Gasteiger partial charge is 0.266 e. The number of hydrogen-bond donors (Lipinski definition) is 0. The summed E-state index contributed by atoms with van der Waals surface area (Å²) < 4.78 is 14.9. The average molecular weight is 378 g/mol. The molecule has 2 aliphatic rings. The van der Waals surface area contributed by atoms with Gasteiger partial charge in [-0.05, 0) is 42.9 Å². The Kier molecular flexibility index (Phi) is 3.89. The van der Waals surface area contributed by atoms with Crippen LogP contribution in [0.1, 0.15) is 21.7 Å². The zero-order chi connectivity index (χ0) is 19.4. The molecule has 28 heavy (non-hydrogen) atoms. The molecule has 1 saturated heterocycles. The van der Waals surface area contributed by atoms with Gasteiger partial charge in [-0.25, -0.2) is 9.37 Å². The molecule has 5 rings (SSSR count). The van der Waals surface area contributed by atoms with E-state index >= 15 is 0 Å². The van der Waals surface area contributed by atoms with Crippen molar-refractivity contribution in [3.05, 3.63) is 69.5 Å². The summed E-state index contributed by atoms with van der Waals surface area (Å²) in [6.45, 7) is 4.81. The maximum absolute atomic E-state index is 13.6. The van der Waals surface area contributed by atoms with Gasteiger partial charge in [0.15, 0.2) is 5.82 Å². The Bertz CT molecular complexity index is 1180. The molecule has 1 aromatic heterocycles. The van der Waals surface area contributed by atoms with Crippen LogP contribution in [-0.2, 0) is 6.54 Å². The Balaban J connectivity index is 1.58. The lowest BCUT2D eigenvalue weighted by Gasteiger charge is -2.32. The predicted octanol–water partition coefficient (Wildman–Crippen LogP) is 1.82. The molecule has 142 valence electrons. The first-order valence-electron chi connectivity index (χ1n) is 9.32. The third kappa shape index (κ3) is 2.66. The Morgan fingerprint density at radius 1 is 1.04 bits per heavy atom. The maximum atomic E-state index is 13.6. The van der Waals surface area contributed by atoms with Crippen molar-refractivity contribution in [3.8, 4) is 5.69 Å². The Labute approximate surface area is 160 Å². The molecule has 0 unspecified atom stereocenters. The normalized spacial score (nSPS) is 17.1. The Hall–Kier alpha value is -2.90. The predicted molar refractivity (Wildman–Crippen MR) is 104 cm³/mol. The summed E-state index contributed by atoms with van der Waals surface area (Å²) in [5.74, 6) is -0.882. The number of carbonyl (C=O) groups is 1. The van der Waals surface area contributed by atoms with Crippen LogP contribution in [0.25, 0.3) is 16.6 Å². The number of fused-ring (bicyclic) bond motifs is 4. The molecule has 0 amide bonds. The van der Waals surface area contributed by atoms with Crippen LogP contribution in [0.3, 0.4) is 0 Å². The summed E-state index contributed by atoms with van der Waals surface area (Å²) in [7, 11) is 2.12. The summed E-state index contributed by atoms with van der Waals surface area (Å²) in [5, 5.41) is 0.473. The minimum Gasteiger partial charge on any atom is -0.304 e. The molecule has 1 fully saturated rings. The highest BCUT2D eigenvalue weighted by Gasteiger charge is 2.30. The third-order valence-corrected chi connectivity index (χ3v) is 5.58. The van der Waals surface area contributed by atoms with Crippen LogP contribution in [0, 0.1) is 5.82 Å². The average Bonchev–Trinajstić information content (AvgIpc) is 2.96. The molecule has 7 heteroatoms. The van der Waals surface area contributed by atoms with Gasteiger partial charge in [-0.15, -0.1) is 0 Å². The van der Waals surface area contributed by atoms with Gasteiger partial charge in [0.05, 0.1) is 22.2 Å². The number of nitrogens with zero attached hydrogens (tertiary/aromatic N) is 4. The van der Waals surface area contributed by atoms with Crippen LogP contribution in [-0.4, -0.2) is 58.4 Å². The number of hydrogen-bond acceptors (Lipinski definition) is 5. The summed E-state index contributed by atoms with van der Waals surface area (Å²) in [6.07, 6.45) is 0. The lowest BCUT2D eigenvalue weighted by Crippen LogP contribution is -2.43. The van der Waals surface area contributed by atoms with Crippen molar-refractivity contribution in [3.63, 3.8) is 0 Å². The fourth-order valence-electron chi connectivity index (χ4n) is 3.98. The van der Waals surface area contributed by atoms with E-state index in [1.807, 2.05) is 12.1 Å². The summed E-state index contributed by atoms with van der Waals surface area (Å²) in [6, 6.07) is 9.48. The first kappa shape index (κ1) is 17.2. The van der Waals surface area contributed by atoms with Crippen LogP contribution >= 0.6 is 0 Å². The van der Waals surface area contributed by atoms with E-state index in [0.29, 0.717) is 16.6 Å². The minimum atomic E-state index is -0.507. The van der Waals surface area contributed by atoms with Crippen molar-refractivity contribution in [1.29, 1.82) is 0 Å². The quantitative estimate of drug-likeness (QED) is 0.533. The molecule has 0 spiro atoms. The number of aromatic nitrogens is 2. The Morgan fingerprint density at radius 3 is 2.61 bits per heavy atom. The van der Waals surface area contributed by atoms with Crippen molar-refractivity contribution in [2.24, 2.45) is 0 Å². The number of ketones is 1. The fourth-order valence-corrected chi connectivity index (χ4v) is 3.98. The second-order valence-corrected chi connectivity index (χ2v) is 7.50. The number of carbonyl (C=O) groups excluding carboxylic acids is 1. The standard InChI is InChI=1S/C21H19FN4O2/c1-24-6-8-25(9-7-24)12-13-2-4-17-15(10-13)21(28)26-18-5-3-14(22)11-16(18)19(27)20(26)23-17/h2-5,10-11H,6-9,12H2,1H3. The van der Waals surface area contributed by atoms with Crippen molar-refractivity contribution in [2.45, 2.75) is 6.54 Å². The first-order chi connectivity index (χ1) is 13.5. The summed E-state index contributed by atoms with van der Waals surface area (Å²) in [5.41, 5.74) is 1.81. The van der Waals surface area contributed by atoms with Crippen LogP contribution in [0.15, 0.2) is 41.2 Å². The number of likely N-dealkylation sites (N-methyl/N-ethyl adjacent to an activating group) is 1. The van der Waals surface area contributed by atoms with Crippen LogP contribution in [0.5, 0.6) is 0 Å². The van der Waals surface area contributed by atoms with E-state index in [1.54, 1.807) is 6.07 Å². The van der Waals surface area contributed by atoms with Gasteiger partial charge in [0.1, 0.15) is 5.82 Å². The molecule has 3 heterocycles. The molecular weight excluding hydrogens is 359 g/mol. The lowest BCUT2D eigenvalue weighted by molar-refractivity contribution is 0.103. The van der Waals surface area contributed by atoms with Gasteiger partial charge in [-0.3, -0.25) is 19.1 Å². The number of rotatable bonds is 2. The summed E-state index contributed by atoms with van der Waals surface area (Å²) >= 11 is 0. The van der Waals surface area contributed by atoms with E-state index in [0.717, 1.165) is 44.4 Å². The van der Waals surface area contributed by atoms with Crippen LogP contribution in [0.4, 0.5) is 4.39 Å². The van der Waals surface area contributed by atoms with Gasteiger partial charge in [0, 0.05) is 32.7 Å². The number of piperazine rings is 1. The van der Waals surface area contributed by atoms with E-state index in [9.17, 15) is 14.0 Å². The van der Waals surface area contributed by atoms with Crippen LogP contribution in [0.2, 0.25) is 0 Å². The maximum Gasteiger partial charge on any atom is 0.266 e. The molecule has 0 saturated carbocycles. The molecule has 6 nitrogen and oxygen atoms in total. The molecule has 3 aromatic rings. The second-order valence-electron chi connectivity index (χ2n) is 7.50. The molecular formula is C21H19FN4O2. The molecule has 0 aliphatic carbocycles. The molecule has 0 bridgehead atoms. The largest absolute Gasteiger partial charge is 0.304 e. The van der Waals surface area contributed by atoms with Gasteiger partial charge in [0.25, 0.3) is 5.56 Å². The zero-order valence-electron chi connectivity index (χ0n) is 15.5. The first-order valence-corrected chi connectivity index (χ1v) is 9.32. The highest BCUT2D eigenvalue weighted by atomic mass is 19.1. The molecule has 2 aromatic carbocycles. The van der Waals surface area contributed by atoms with E-state index < -0.39 is 11.6 Å². The van der Waals surface area contributed by atoms with Gasteiger partial charge in [-0.2, -0.15) is 0 Å². The molecule has 0 N–H and O–H groups in total. The lowest BCUT2D eigenvalue weighted by atomic mass is 10.1. The third-order valence-electron chi connectivity index (χ3n) is 5.58. The van der Waals surface area contributed by atoms with Gasteiger partial charge >= 0.3 is 0 Å². The van der Waals surface area contributed by atoms with E-state index in [4.69, 9.17) is 0 Å². The molecule has 2 aliphatic heterocycles. The van der Waals surface area contributed by atoms with Gasteiger partial charge in [-0.1, -0.05) is 6.07 Å². The Morgan fingerprint density at radius 2 is 1.82 bits per heavy atom. The van der Waals surface area contributed by atoms with Gasteiger partial charge in [0.2, 0.25) is 5.78 Å². The zero-order valence-corrected chi connectivity index (χ0v) is 15.5. The summed E-state index contributed by atoms with van der Waals surface area (Å²) in [4.78, 5) is 34.8. The van der Waals surface area contributed by atoms with Crippen LogP contribution < -0.4 is 5.56 Å². The number of halogens is 1. The van der Waals surface area contributed by atoms with Crippen molar-refractivity contribution in [1.82, 2.24) is 19.4 Å². The highest BCUT2D eigenvalue weighted by Crippen LogP contribution is 2.27. The minimum absolute atomic E-state index is 0.0462. The topological polar surface area (TPSA) is 58.4 Å². The highest BCUT2D eigenvalue weighted by molar-refractivity contribution is 6.13. The number of benzene rings is 2. The second kappa shape index (κ2) is 6.32. The van der Waals surface area contributed by atoms with E-state index in [2.05, 4.69) is 21.8 Å². The van der Waals surface area contributed by atoms with Crippen molar-refractivity contribution < 1.29 is 9.18 Å². The van der Waals surface area contributed by atoms with Crippen molar-refractivity contribution in [2.75, 3.05) is 33.2 Å². The van der Waals surface area contributed by atoms with Crippen molar-refractivity contribution >= 4 is 16.7 Å². The SMILES string of the molecule is CN1CCN(Cc2ccc3nc4n(c(=O)c3c2)-c2ccc(F)cc2C4=O)CC1. The monoisotopic (exact) mass is 378 g/mol. The van der Waals surface area contributed by atoms with Gasteiger partial charge < -0.3 is 4.90 Å². The molecule has 0 atom stereocenters. The van der Waals surface area contributed by atoms with E-state index in [-0.39, 0.29) is 16.9 Å². The molecule has 0 radical (unpaired) electrons. The fraction of sp³-hybridized carbons (Fsp3) is 0.286. The van der Waals surface area contributed by atoms with E-state index in [1.165, 1.54) is 16.7 Å².